The van der Waals surface area contributed by atoms with Crippen LogP contribution in [0.2, 0.25) is 0 Å². The molecule has 0 saturated heterocycles. The van der Waals surface area contributed by atoms with Crippen LogP contribution in [0.5, 0.6) is 0 Å². The van der Waals surface area contributed by atoms with Crippen LogP contribution in [0.4, 0.5) is 0 Å². The molecule has 0 aliphatic heterocycles. The zero-order valence-corrected chi connectivity index (χ0v) is 10.8. The molecule has 0 N–H and O–H groups in total. The summed E-state index contributed by atoms with van der Waals surface area (Å²) in [5, 5.41) is 0. The fourth-order valence-corrected chi connectivity index (χ4v) is 1.70. The minimum absolute atomic E-state index is 1.19. The van der Waals surface area contributed by atoms with E-state index in [1.165, 1.54) is 57.8 Å². The van der Waals surface area contributed by atoms with Crippen molar-refractivity contribution in [3.05, 3.63) is 23.8 Å². The molecule has 0 atom stereocenters. The molecule has 15 heavy (non-hydrogen) atoms. The van der Waals surface area contributed by atoms with Crippen LogP contribution in [0.1, 0.15) is 64.7 Å². The maximum atomic E-state index is 5.39. The molecular formula is C14H25Cl. The number of halogens is 1. The minimum Gasteiger partial charge on any atom is -0.0930 e. The van der Waals surface area contributed by atoms with Gasteiger partial charge in [0.15, 0.2) is 0 Å². The summed E-state index contributed by atoms with van der Waals surface area (Å²) >= 11 is 5.39. The molecule has 0 aromatic carbocycles. The van der Waals surface area contributed by atoms with E-state index >= 15 is 0 Å². The van der Waals surface area contributed by atoms with Gasteiger partial charge in [-0.15, -0.1) is 0 Å². The second-order valence-corrected chi connectivity index (χ2v) is 4.26. The lowest BCUT2D eigenvalue weighted by molar-refractivity contribution is 0.577. The van der Waals surface area contributed by atoms with Gasteiger partial charge >= 0.3 is 0 Å². The Hall–Kier alpha value is -0.230. The molecule has 0 amide bonds. The number of hydrogen-bond acceptors (Lipinski definition) is 0. The van der Waals surface area contributed by atoms with E-state index in [2.05, 4.69) is 13.0 Å². The normalized spacial score (nSPS) is 11.9. The highest BCUT2D eigenvalue weighted by Crippen LogP contribution is 2.09. The second-order valence-electron chi connectivity index (χ2n) is 4.01. The molecule has 0 nitrogen and oxygen atoms in total. The third-order valence-electron chi connectivity index (χ3n) is 2.54. The third kappa shape index (κ3) is 13.8. The Morgan fingerprint density at radius 3 is 2.00 bits per heavy atom. The molecule has 0 aliphatic carbocycles. The van der Waals surface area contributed by atoms with Gasteiger partial charge in [0, 0.05) is 5.54 Å². The second kappa shape index (κ2) is 13.8. The standard InChI is InChI=1S/C14H25Cl/c1-2-3-4-5-6-7-8-9-10-11-12-13-14-15/h11-14H,2-10H2,1H3. The molecule has 88 valence electrons. The number of unbranched alkanes of at least 4 members (excludes halogenated alkanes) is 8. The Morgan fingerprint density at radius 1 is 0.800 bits per heavy atom. The molecule has 0 saturated carbocycles. The molecule has 0 fully saturated rings. The topological polar surface area (TPSA) is 0 Å². The van der Waals surface area contributed by atoms with E-state index < -0.39 is 0 Å². The summed E-state index contributed by atoms with van der Waals surface area (Å²) in [4.78, 5) is 0. The van der Waals surface area contributed by atoms with Crippen LogP contribution >= 0.6 is 11.6 Å². The molecule has 0 spiro atoms. The zero-order chi connectivity index (χ0) is 11.2. The number of rotatable bonds is 10. The van der Waals surface area contributed by atoms with Gasteiger partial charge in [-0.1, -0.05) is 81.7 Å². The van der Waals surface area contributed by atoms with Gasteiger partial charge < -0.3 is 0 Å². The van der Waals surface area contributed by atoms with E-state index in [9.17, 15) is 0 Å². The predicted molar refractivity (Wildman–Crippen MR) is 71.4 cm³/mol. The van der Waals surface area contributed by atoms with Crippen LogP contribution in [-0.4, -0.2) is 0 Å². The lowest BCUT2D eigenvalue weighted by atomic mass is 10.1. The molecule has 0 aromatic rings. The lowest BCUT2D eigenvalue weighted by Crippen LogP contribution is -1.79. The van der Waals surface area contributed by atoms with Gasteiger partial charge in [-0.25, -0.2) is 0 Å². The summed E-state index contributed by atoms with van der Waals surface area (Å²) in [6, 6.07) is 0. The Bertz CT molecular complexity index is 159. The fraction of sp³-hybridized carbons (Fsp3) is 0.714. The average Bonchev–Trinajstić information content (AvgIpc) is 2.26. The van der Waals surface area contributed by atoms with Crippen LogP contribution in [-0.2, 0) is 0 Å². The van der Waals surface area contributed by atoms with Gasteiger partial charge in [0.25, 0.3) is 0 Å². The zero-order valence-electron chi connectivity index (χ0n) is 10.1. The van der Waals surface area contributed by atoms with Crippen molar-refractivity contribution >= 4 is 11.6 Å². The molecule has 0 unspecified atom stereocenters. The first-order valence-corrected chi connectivity index (χ1v) is 6.77. The first kappa shape index (κ1) is 14.8. The molecular weight excluding hydrogens is 204 g/mol. The van der Waals surface area contributed by atoms with E-state index in [1.807, 2.05) is 12.2 Å². The predicted octanol–water partition coefficient (Wildman–Crippen LogP) is 5.83. The highest BCUT2D eigenvalue weighted by atomic mass is 35.5. The van der Waals surface area contributed by atoms with Gasteiger partial charge in [0.05, 0.1) is 0 Å². The van der Waals surface area contributed by atoms with E-state index in [0.717, 1.165) is 0 Å². The van der Waals surface area contributed by atoms with Crippen molar-refractivity contribution in [3.8, 4) is 0 Å². The first-order valence-electron chi connectivity index (χ1n) is 6.33. The maximum Gasteiger partial charge on any atom is 0.00423 e. The Morgan fingerprint density at radius 2 is 1.40 bits per heavy atom. The summed E-state index contributed by atoms with van der Waals surface area (Å²) in [6.07, 6.45) is 18.4. The van der Waals surface area contributed by atoms with Gasteiger partial charge in [-0.3, -0.25) is 0 Å². The summed E-state index contributed by atoms with van der Waals surface area (Å²) < 4.78 is 0. The molecule has 0 bridgehead atoms. The lowest BCUT2D eigenvalue weighted by Gasteiger charge is -1.99. The molecule has 0 heterocycles. The molecule has 0 rings (SSSR count). The summed E-state index contributed by atoms with van der Waals surface area (Å²) in [5.41, 5.74) is 1.55. The first-order chi connectivity index (χ1) is 7.41. The Balaban J connectivity index is 2.98. The average molecular weight is 229 g/mol. The largest absolute Gasteiger partial charge is 0.0930 e. The van der Waals surface area contributed by atoms with Crippen molar-refractivity contribution in [1.29, 1.82) is 0 Å². The maximum absolute atomic E-state index is 5.39. The van der Waals surface area contributed by atoms with E-state index in [1.54, 1.807) is 5.54 Å². The van der Waals surface area contributed by atoms with Crippen molar-refractivity contribution in [2.75, 3.05) is 0 Å². The Labute approximate surface area is 100 Å². The molecule has 0 radical (unpaired) electrons. The van der Waals surface area contributed by atoms with Crippen LogP contribution in [0, 0.1) is 0 Å². The van der Waals surface area contributed by atoms with E-state index in [0.29, 0.717) is 0 Å². The minimum atomic E-state index is 1.19. The molecule has 1 heteroatoms. The van der Waals surface area contributed by atoms with E-state index in [4.69, 9.17) is 11.6 Å². The quantitative estimate of drug-likeness (QED) is 0.326. The van der Waals surface area contributed by atoms with Crippen molar-refractivity contribution in [3.63, 3.8) is 0 Å². The van der Waals surface area contributed by atoms with Gasteiger partial charge in [-0.05, 0) is 12.8 Å². The summed E-state index contributed by atoms with van der Waals surface area (Å²) in [6.45, 7) is 2.27. The van der Waals surface area contributed by atoms with Crippen molar-refractivity contribution < 1.29 is 0 Å². The summed E-state index contributed by atoms with van der Waals surface area (Å²) in [7, 11) is 0. The molecule has 0 aliphatic rings. The van der Waals surface area contributed by atoms with Crippen molar-refractivity contribution in [2.45, 2.75) is 64.7 Å². The van der Waals surface area contributed by atoms with Crippen molar-refractivity contribution in [1.82, 2.24) is 0 Å². The van der Waals surface area contributed by atoms with Crippen LogP contribution < -0.4 is 0 Å². The SMILES string of the molecule is CCCCCCCCCCC=CC=CCl. The van der Waals surface area contributed by atoms with Gasteiger partial charge in [0.1, 0.15) is 0 Å². The molecule has 0 aromatic heterocycles. The highest BCUT2D eigenvalue weighted by Gasteiger charge is 1.89. The fourth-order valence-electron chi connectivity index (χ4n) is 1.61. The van der Waals surface area contributed by atoms with Crippen LogP contribution in [0.3, 0.4) is 0 Å². The van der Waals surface area contributed by atoms with Crippen molar-refractivity contribution in [2.24, 2.45) is 0 Å². The number of allylic oxidation sites excluding steroid dienone is 3. The highest BCUT2D eigenvalue weighted by molar-refractivity contribution is 6.25. The summed E-state index contributed by atoms with van der Waals surface area (Å²) in [5.74, 6) is 0. The van der Waals surface area contributed by atoms with Crippen LogP contribution in [0.25, 0.3) is 0 Å². The van der Waals surface area contributed by atoms with Gasteiger partial charge in [0.2, 0.25) is 0 Å². The van der Waals surface area contributed by atoms with E-state index in [-0.39, 0.29) is 0 Å². The third-order valence-corrected chi connectivity index (χ3v) is 2.69. The smallest absolute Gasteiger partial charge is 0.00423 e. The monoisotopic (exact) mass is 228 g/mol. The number of hydrogen-bond donors (Lipinski definition) is 0. The Kier molecular flexibility index (Phi) is 13.6. The van der Waals surface area contributed by atoms with Crippen LogP contribution in [0.15, 0.2) is 23.8 Å². The van der Waals surface area contributed by atoms with Gasteiger partial charge in [-0.2, -0.15) is 0 Å².